The zero-order valence-corrected chi connectivity index (χ0v) is 64.7. The standard InChI is InChI=1S/C102H82N4OSi2.Pt/c1-100(2,3)71-59-62-103-97(64-71)106-94-58-54-82(109(78-39-20-11-21-40-78,79-41-22-12-23-42-79)80-43-24-13-25-44-80)68-91(94)87-55-52-74(66-96(87)106)107-73-32-28-31-72(65-73)104-69-105-98-83(70-51-57-92-93(63-70)102(6,7)61-60-101(92,4)5)47-29-48-89(98)90-67-81(53-56-86(90)84-45-26-27-46-85(84)88-49-30-50-95(104)99(88)105)108(75-33-14-8-15-34-75,76-35-16-9-17-36-76)77-37-18-10-19-38-77;/h8-59,62-64,67-68H,60-61H2,1-7H3;/q-2;/i4D,5D3,6D3,7D3,51D,57D,60D2,61D2,63D;. The third kappa shape index (κ3) is 11.5. The Labute approximate surface area is 685 Å². The number of rotatable bonds is 13. The van der Waals surface area contributed by atoms with Gasteiger partial charge < -0.3 is 13.9 Å². The van der Waals surface area contributed by atoms with Crippen LogP contribution < -0.4 is 50.8 Å². The molecule has 110 heavy (non-hydrogen) atoms. The van der Waals surface area contributed by atoms with Crippen molar-refractivity contribution in [2.45, 2.75) is 77.2 Å². The molecule has 5 nitrogen and oxygen atoms in total. The Kier molecular flexibility index (Phi) is 13.3. The number of imidazole rings is 1. The number of fused-ring (bicyclic) bond motifs is 11. The second-order valence-electron chi connectivity index (χ2n) is 29.4. The summed E-state index contributed by atoms with van der Waals surface area (Å²) in [6.45, 7) is -7.23. The second-order valence-corrected chi connectivity index (χ2v) is 37.0. The number of hydrogen-bond acceptors (Lipinski definition) is 2. The Morgan fingerprint density at radius 3 is 1.57 bits per heavy atom. The topological polar surface area (TPSA) is 35.9 Å². The molecule has 0 N–H and O–H groups in total. The van der Waals surface area contributed by atoms with Crippen molar-refractivity contribution < 1.29 is 53.7 Å². The summed E-state index contributed by atoms with van der Waals surface area (Å²) in [5.74, 6) is 1.31. The first-order valence-electron chi connectivity index (χ1n) is 45.3. The normalized spacial score (nSPS) is 18.0. The van der Waals surface area contributed by atoms with E-state index in [0.717, 1.165) is 53.7 Å². The first kappa shape index (κ1) is 53.3. The Balaban J connectivity index is 0.0000109. The van der Waals surface area contributed by atoms with E-state index in [-0.39, 0.29) is 43.5 Å². The van der Waals surface area contributed by atoms with Crippen molar-refractivity contribution in [2.75, 3.05) is 0 Å². The predicted molar refractivity (Wildman–Crippen MR) is 456 cm³/mol. The van der Waals surface area contributed by atoms with Gasteiger partial charge in [0.25, 0.3) is 6.33 Å². The summed E-state index contributed by atoms with van der Waals surface area (Å²) in [6.07, 6.45) is -2.83. The summed E-state index contributed by atoms with van der Waals surface area (Å²) >= 11 is 0. The number of pyridine rings is 1. The van der Waals surface area contributed by atoms with Crippen molar-refractivity contribution in [3.63, 3.8) is 0 Å². The molecule has 0 saturated heterocycles. The van der Waals surface area contributed by atoms with Crippen LogP contribution in [0.5, 0.6) is 11.5 Å². The van der Waals surface area contributed by atoms with Crippen molar-refractivity contribution in [3.05, 3.63) is 381 Å². The van der Waals surface area contributed by atoms with Crippen LogP contribution in [0, 0.1) is 18.5 Å². The number of para-hydroxylation sites is 2. The maximum atomic E-state index is 10.8. The molecule has 1 atom stereocenters. The molecule has 17 aromatic rings. The molecule has 4 heterocycles. The fourth-order valence-electron chi connectivity index (χ4n) is 16.9. The number of nitrogens with zero attached hydrogens (tertiary/aromatic N) is 4. The number of aromatic nitrogens is 4. The number of benzene rings is 14. The Morgan fingerprint density at radius 1 is 0.455 bits per heavy atom. The van der Waals surface area contributed by atoms with Gasteiger partial charge >= 0.3 is 0 Å². The van der Waals surface area contributed by atoms with Crippen LogP contribution in [0.25, 0.3) is 94.5 Å². The third-order valence-corrected chi connectivity index (χ3v) is 31.5. The summed E-state index contributed by atoms with van der Waals surface area (Å²) in [4.78, 5) is 5.10. The molecule has 0 radical (unpaired) electrons. The molecule has 14 aromatic carbocycles. The minimum atomic E-state index is -4.30. The van der Waals surface area contributed by atoms with Crippen molar-refractivity contribution in [3.8, 4) is 73.2 Å². The molecule has 1 aliphatic carbocycles. The van der Waals surface area contributed by atoms with E-state index in [1.165, 1.54) is 26.8 Å². The molecule has 0 bridgehead atoms. The van der Waals surface area contributed by atoms with Gasteiger partial charge in [0, 0.05) is 63.5 Å². The van der Waals surface area contributed by atoms with Gasteiger partial charge in [0.2, 0.25) is 0 Å². The first-order chi connectivity index (χ1) is 60.3. The van der Waals surface area contributed by atoms with E-state index < -0.39 is 102 Å². The van der Waals surface area contributed by atoms with Gasteiger partial charge in [-0.1, -0.05) is 345 Å². The van der Waals surface area contributed by atoms with Crippen LogP contribution in [0.15, 0.2) is 346 Å². The van der Waals surface area contributed by atoms with Crippen LogP contribution in [0.2, 0.25) is 0 Å². The van der Waals surface area contributed by atoms with Crippen molar-refractivity contribution in [2.24, 2.45) is 0 Å². The zero-order chi connectivity index (χ0) is 88.2. The maximum absolute atomic E-state index is 10.8. The van der Waals surface area contributed by atoms with E-state index in [1.807, 2.05) is 134 Å². The van der Waals surface area contributed by atoms with E-state index in [4.69, 9.17) is 15.2 Å². The summed E-state index contributed by atoms with van der Waals surface area (Å²) in [5, 5.41) is 10.8. The van der Waals surface area contributed by atoms with Crippen LogP contribution in [-0.4, -0.2) is 30.3 Å². The molecule has 0 amide bonds. The number of ether oxygens (including phenoxy) is 1. The zero-order valence-electron chi connectivity index (χ0n) is 77.4. The molecule has 0 spiro atoms. The molecule has 0 fully saturated rings. The minimum Gasteiger partial charge on any atom is -0.510 e. The molecule has 536 valence electrons. The van der Waals surface area contributed by atoms with Gasteiger partial charge in [-0.15, -0.1) is 29.7 Å². The van der Waals surface area contributed by atoms with Crippen LogP contribution in [0.3, 0.4) is 0 Å². The molecule has 0 saturated carbocycles. The van der Waals surface area contributed by atoms with Crippen molar-refractivity contribution in [1.29, 1.82) is 0 Å². The van der Waals surface area contributed by atoms with Crippen LogP contribution in [-0.2, 0) is 37.3 Å². The Bertz CT molecular complexity index is 6960. The third-order valence-electron chi connectivity index (χ3n) is 21.9. The summed E-state index contributed by atoms with van der Waals surface area (Å²) in [5.41, 5.74) is -3.09. The van der Waals surface area contributed by atoms with Gasteiger partial charge in [0.1, 0.15) is 5.82 Å². The SMILES string of the molecule is [2H]CC1(C([2H])([2H])[2H])c2c([2H])c([2H])c(-c3cccc4c3-[n+]3[c-]n(-c5[c-]c(Oc6[c-]c7c(cc6)c6cc([Si](c8ccccc8)(c8ccccc8)c8ccccc8)ccc6n7-c6cc(C(C)(C)C)ccn6)ccc5)c5cccc(c53)-c3ccccc3-c3ccc([Si](c5ccccc5)(c5ccccc5)c5ccccc5)cc3-4)c([2H])c2C(C([2H])([2H])[2H])(C([2H])([2H])[2H])C([2H])([2H])C1([2H])[2H].[Pt]. The summed E-state index contributed by atoms with van der Waals surface area (Å²) in [7, 11) is -6.53. The largest absolute Gasteiger partial charge is 0.510 e. The average molecular weight is 1650 g/mol. The van der Waals surface area contributed by atoms with Crippen LogP contribution >= 0.6 is 0 Å². The van der Waals surface area contributed by atoms with Gasteiger partial charge in [0.15, 0.2) is 16.1 Å². The molecular weight excluding hydrogens is 1550 g/mol. The predicted octanol–water partition coefficient (Wildman–Crippen LogP) is 19.0. The quantitative estimate of drug-likeness (QED) is 0.0499. The van der Waals surface area contributed by atoms with Crippen LogP contribution in [0.4, 0.5) is 0 Å². The molecule has 2 aliphatic rings. The molecule has 19 rings (SSSR count). The van der Waals surface area contributed by atoms with E-state index in [9.17, 15) is 17.8 Å². The summed E-state index contributed by atoms with van der Waals surface area (Å²) < 4.78 is 176. The van der Waals surface area contributed by atoms with Gasteiger partial charge in [0.05, 0.1) is 20.8 Å². The van der Waals surface area contributed by atoms with Gasteiger partial charge in [-0.3, -0.25) is 4.57 Å². The molecule has 1 unspecified atom stereocenters. The second kappa shape index (κ2) is 27.5. The van der Waals surface area contributed by atoms with E-state index in [1.54, 1.807) is 21.3 Å². The summed E-state index contributed by atoms with van der Waals surface area (Å²) in [6, 6.07) is 113. The minimum absolute atomic E-state index is 0. The Morgan fingerprint density at radius 2 is 0.973 bits per heavy atom. The smallest absolute Gasteiger partial charge is 0.268 e. The Hall–Kier alpha value is -11.6. The van der Waals surface area contributed by atoms with E-state index in [2.05, 4.69) is 220 Å². The fraction of sp³-hybridized carbons (Fsp3) is 0.118. The molecule has 3 aromatic heterocycles. The van der Waals surface area contributed by atoms with Gasteiger partial charge in [-0.25, -0.2) is 4.98 Å². The van der Waals surface area contributed by atoms with E-state index >= 15 is 0 Å². The van der Waals surface area contributed by atoms with E-state index in [0.29, 0.717) is 56.1 Å². The van der Waals surface area contributed by atoms with Crippen LogP contribution in [0.1, 0.15) is 101 Å². The van der Waals surface area contributed by atoms with Gasteiger partial charge in [-0.2, -0.15) is 18.2 Å². The molecular formula is C102H82N4OPtSi2-2. The van der Waals surface area contributed by atoms with Crippen molar-refractivity contribution in [1.82, 2.24) is 14.1 Å². The number of hydrogen-bond donors (Lipinski definition) is 0. The molecule has 1 aliphatic heterocycles. The monoisotopic (exact) mass is 1650 g/mol. The maximum Gasteiger partial charge on any atom is 0.268 e. The average Bonchev–Trinajstić information content (AvgIpc) is 0.728. The first-order valence-corrected chi connectivity index (χ1v) is 40.6. The fourth-order valence-corrected chi connectivity index (χ4v) is 26.5. The van der Waals surface area contributed by atoms with Crippen molar-refractivity contribution >= 4 is 90.5 Å². The molecule has 8 heteroatoms. The van der Waals surface area contributed by atoms with Gasteiger partial charge in [-0.05, 0) is 161 Å².